The van der Waals surface area contributed by atoms with Crippen molar-refractivity contribution in [2.75, 3.05) is 21.3 Å². The molecule has 1 fully saturated rings. The number of carbonyl (C=O) groups is 2. The van der Waals surface area contributed by atoms with Gasteiger partial charge in [0.2, 0.25) is 5.75 Å². The molecule has 0 spiro atoms. The molecule has 0 unspecified atom stereocenters. The zero-order valence-electron chi connectivity index (χ0n) is 15.6. The molecule has 28 heavy (non-hydrogen) atoms. The fourth-order valence-corrected chi connectivity index (χ4v) is 2.88. The largest absolute Gasteiger partial charge is 0.493 e. The van der Waals surface area contributed by atoms with E-state index in [1.807, 2.05) is 0 Å². The van der Waals surface area contributed by atoms with Crippen LogP contribution < -0.4 is 19.5 Å². The third-order valence-corrected chi connectivity index (χ3v) is 4.25. The molecule has 1 heterocycles. The summed E-state index contributed by atoms with van der Waals surface area (Å²) in [7, 11) is 4.45. The average molecular weight is 386 g/mol. The summed E-state index contributed by atoms with van der Waals surface area (Å²) in [6.07, 6.45) is 1.51. The Morgan fingerprint density at radius 1 is 0.964 bits per heavy atom. The van der Waals surface area contributed by atoms with Gasteiger partial charge in [-0.2, -0.15) is 0 Å². The van der Waals surface area contributed by atoms with E-state index in [4.69, 9.17) is 14.2 Å². The van der Waals surface area contributed by atoms with Crippen LogP contribution in [0.5, 0.6) is 17.2 Å². The maximum atomic E-state index is 13.0. The fraction of sp³-hybridized carbons (Fsp3) is 0.200. The molecule has 1 saturated heterocycles. The van der Waals surface area contributed by atoms with Crippen molar-refractivity contribution in [3.8, 4) is 17.2 Å². The van der Waals surface area contributed by atoms with E-state index in [0.717, 1.165) is 4.90 Å². The number of nitrogens with one attached hydrogen (secondary N) is 1. The molecule has 0 aliphatic carbocycles. The second-order valence-corrected chi connectivity index (χ2v) is 5.93. The molecular weight excluding hydrogens is 367 g/mol. The van der Waals surface area contributed by atoms with E-state index in [1.165, 1.54) is 51.7 Å². The van der Waals surface area contributed by atoms with Crippen molar-refractivity contribution in [1.82, 2.24) is 10.2 Å². The first kappa shape index (κ1) is 19.2. The Morgan fingerprint density at radius 2 is 1.64 bits per heavy atom. The van der Waals surface area contributed by atoms with Gasteiger partial charge in [-0.15, -0.1) is 0 Å². The number of benzene rings is 2. The Kier molecular flexibility index (Phi) is 5.49. The predicted octanol–water partition coefficient (Wildman–Crippen LogP) is 2.94. The van der Waals surface area contributed by atoms with Gasteiger partial charge in [-0.3, -0.25) is 9.69 Å². The lowest BCUT2D eigenvalue weighted by Crippen LogP contribution is -2.30. The minimum absolute atomic E-state index is 0.0331. The summed E-state index contributed by atoms with van der Waals surface area (Å²) < 4.78 is 29.0. The van der Waals surface area contributed by atoms with Crippen molar-refractivity contribution in [2.45, 2.75) is 6.54 Å². The Bertz CT molecular complexity index is 940. The van der Waals surface area contributed by atoms with Crippen LogP contribution in [0.15, 0.2) is 42.1 Å². The third kappa shape index (κ3) is 3.62. The normalized spacial score (nSPS) is 15.0. The highest BCUT2D eigenvalue weighted by molar-refractivity contribution is 6.14. The highest BCUT2D eigenvalue weighted by atomic mass is 19.1. The number of urea groups is 1. The summed E-state index contributed by atoms with van der Waals surface area (Å²) in [5.74, 6) is 0.335. The summed E-state index contributed by atoms with van der Waals surface area (Å²) in [6, 6.07) is 8.41. The molecule has 1 aliphatic heterocycles. The maximum absolute atomic E-state index is 13.0. The number of imide groups is 1. The highest BCUT2D eigenvalue weighted by Crippen LogP contribution is 2.40. The summed E-state index contributed by atoms with van der Waals surface area (Å²) in [4.78, 5) is 26.0. The number of hydrogen-bond donors (Lipinski definition) is 1. The molecule has 1 aliphatic rings. The van der Waals surface area contributed by atoms with E-state index in [1.54, 1.807) is 12.1 Å². The lowest BCUT2D eigenvalue weighted by Gasteiger charge is -2.14. The zero-order chi connectivity index (χ0) is 20.3. The summed E-state index contributed by atoms with van der Waals surface area (Å²) in [5.41, 5.74) is 1.26. The monoisotopic (exact) mass is 386 g/mol. The van der Waals surface area contributed by atoms with Crippen molar-refractivity contribution < 1.29 is 28.2 Å². The number of carbonyl (C=O) groups excluding carboxylic acids is 2. The van der Waals surface area contributed by atoms with Gasteiger partial charge in [0.05, 0.1) is 27.9 Å². The Balaban J connectivity index is 1.90. The first-order valence-corrected chi connectivity index (χ1v) is 8.36. The second-order valence-electron chi connectivity index (χ2n) is 5.93. The van der Waals surface area contributed by atoms with Gasteiger partial charge in [0.1, 0.15) is 11.5 Å². The minimum Gasteiger partial charge on any atom is -0.493 e. The topological polar surface area (TPSA) is 77.1 Å². The van der Waals surface area contributed by atoms with E-state index >= 15 is 0 Å². The summed E-state index contributed by atoms with van der Waals surface area (Å²) in [6.45, 7) is 0.0331. The number of amides is 3. The van der Waals surface area contributed by atoms with Crippen molar-refractivity contribution in [3.63, 3.8) is 0 Å². The number of nitrogens with zero attached hydrogens (tertiary/aromatic N) is 1. The van der Waals surface area contributed by atoms with Gasteiger partial charge in [0.25, 0.3) is 5.91 Å². The van der Waals surface area contributed by atoms with Crippen LogP contribution in [0.1, 0.15) is 11.1 Å². The molecule has 1 N–H and O–H groups in total. The molecular formula is C20H19FN2O5. The van der Waals surface area contributed by atoms with Crippen molar-refractivity contribution in [1.29, 1.82) is 0 Å². The van der Waals surface area contributed by atoms with Crippen molar-refractivity contribution in [2.24, 2.45) is 0 Å². The molecule has 8 heteroatoms. The van der Waals surface area contributed by atoms with Gasteiger partial charge in [0.15, 0.2) is 11.5 Å². The molecule has 146 valence electrons. The molecule has 0 bridgehead atoms. The van der Waals surface area contributed by atoms with Crippen LogP contribution in [0.4, 0.5) is 9.18 Å². The molecule has 3 rings (SSSR count). The van der Waals surface area contributed by atoms with Gasteiger partial charge < -0.3 is 19.5 Å². The smallest absolute Gasteiger partial charge is 0.329 e. The van der Waals surface area contributed by atoms with Crippen molar-refractivity contribution >= 4 is 18.0 Å². The number of ether oxygens (including phenoxy) is 3. The van der Waals surface area contributed by atoms with Crippen LogP contribution in [0.25, 0.3) is 6.08 Å². The standard InChI is InChI=1S/C20H19FN2O5/c1-26-16-9-6-13(17(27-2)18(16)28-3)10-15-19(24)23(20(25)22-15)11-12-4-7-14(21)8-5-12/h4-10H,11H2,1-3H3,(H,22,25)/b15-10-. The lowest BCUT2D eigenvalue weighted by molar-refractivity contribution is -0.123. The van der Waals surface area contributed by atoms with Crippen LogP contribution in [-0.2, 0) is 11.3 Å². The van der Waals surface area contributed by atoms with Gasteiger partial charge >= 0.3 is 6.03 Å². The third-order valence-electron chi connectivity index (χ3n) is 4.25. The summed E-state index contributed by atoms with van der Waals surface area (Å²) in [5, 5.41) is 2.55. The van der Waals surface area contributed by atoms with Gasteiger partial charge in [0, 0.05) is 5.56 Å². The van der Waals surface area contributed by atoms with E-state index in [9.17, 15) is 14.0 Å². The first-order chi connectivity index (χ1) is 13.5. The second kappa shape index (κ2) is 7.99. The Morgan fingerprint density at radius 3 is 2.25 bits per heavy atom. The highest BCUT2D eigenvalue weighted by Gasteiger charge is 2.34. The SMILES string of the molecule is COc1ccc(/C=C2\NC(=O)N(Cc3ccc(F)cc3)C2=O)c(OC)c1OC. The Hall–Kier alpha value is -3.55. The van der Waals surface area contributed by atoms with Gasteiger partial charge in [-0.1, -0.05) is 12.1 Å². The molecule has 0 atom stereocenters. The van der Waals surface area contributed by atoms with E-state index in [0.29, 0.717) is 28.4 Å². The van der Waals surface area contributed by atoms with Crippen LogP contribution in [0.3, 0.4) is 0 Å². The summed E-state index contributed by atoms with van der Waals surface area (Å²) >= 11 is 0. The van der Waals surface area contributed by atoms with Crippen molar-refractivity contribution in [3.05, 3.63) is 59.0 Å². The number of rotatable bonds is 6. The minimum atomic E-state index is -0.556. The molecule has 0 aromatic heterocycles. The Labute approximate surface area is 161 Å². The first-order valence-electron chi connectivity index (χ1n) is 8.36. The van der Waals surface area contributed by atoms with Crippen LogP contribution in [-0.4, -0.2) is 38.2 Å². The van der Waals surface area contributed by atoms with Crippen LogP contribution in [0, 0.1) is 5.82 Å². The molecule has 7 nitrogen and oxygen atoms in total. The number of methoxy groups -OCH3 is 3. The average Bonchev–Trinajstić information content (AvgIpc) is 2.96. The lowest BCUT2D eigenvalue weighted by atomic mass is 10.1. The van der Waals surface area contributed by atoms with E-state index in [2.05, 4.69) is 5.32 Å². The molecule has 0 radical (unpaired) electrons. The molecule has 3 amide bonds. The fourth-order valence-electron chi connectivity index (χ4n) is 2.88. The molecule has 2 aromatic carbocycles. The molecule has 0 saturated carbocycles. The van der Waals surface area contributed by atoms with Gasteiger partial charge in [-0.05, 0) is 35.9 Å². The van der Waals surface area contributed by atoms with Gasteiger partial charge in [-0.25, -0.2) is 9.18 Å². The number of halogens is 1. The zero-order valence-corrected chi connectivity index (χ0v) is 15.6. The maximum Gasteiger partial charge on any atom is 0.329 e. The van der Waals surface area contributed by atoms with E-state index < -0.39 is 11.9 Å². The number of hydrogen-bond acceptors (Lipinski definition) is 5. The van der Waals surface area contributed by atoms with Crippen LogP contribution >= 0.6 is 0 Å². The quantitative estimate of drug-likeness (QED) is 0.610. The van der Waals surface area contributed by atoms with Crippen LogP contribution in [0.2, 0.25) is 0 Å². The predicted molar refractivity (Wildman–Crippen MR) is 99.6 cm³/mol. The van der Waals surface area contributed by atoms with E-state index in [-0.39, 0.29) is 18.1 Å². The molecule has 2 aromatic rings.